The van der Waals surface area contributed by atoms with E-state index in [1.54, 1.807) is 20.8 Å². The topological polar surface area (TPSA) is 88.1 Å². The molecular formula is C12H20N2O5. The van der Waals surface area contributed by atoms with Crippen molar-refractivity contribution in [3.05, 3.63) is 0 Å². The van der Waals surface area contributed by atoms with Gasteiger partial charge in [-0.05, 0) is 27.2 Å². The van der Waals surface area contributed by atoms with Crippen LogP contribution in [-0.4, -0.2) is 59.1 Å². The molecule has 7 nitrogen and oxygen atoms in total. The van der Waals surface area contributed by atoms with Crippen molar-refractivity contribution in [2.75, 3.05) is 13.1 Å². The van der Waals surface area contributed by atoms with Gasteiger partial charge in [0.1, 0.15) is 5.60 Å². The standard InChI is InChI=1S/C12H20N2O5/c1-12(2,3)19-10(15)13-8-4-7-5-14(11(16)17)6-9(8)18-7/h7-9H,4-6H2,1-3H3,(H,13,15)(H,16,17)/t7-,8+,9-/m0/s1. The van der Waals surface area contributed by atoms with Gasteiger partial charge in [-0.25, -0.2) is 9.59 Å². The fourth-order valence-electron chi connectivity index (χ4n) is 2.42. The van der Waals surface area contributed by atoms with Crippen molar-refractivity contribution in [2.45, 2.75) is 51.0 Å². The molecule has 2 heterocycles. The van der Waals surface area contributed by atoms with Gasteiger partial charge in [-0.3, -0.25) is 0 Å². The van der Waals surface area contributed by atoms with Crippen LogP contribution in [0.25, 0.3) is 0 Å². The molecule has 0 aromatic carbocycles. The third-order valence-corrected chi connectivity index (χ3v) is 3.13. The maximum atomic E-state index is 11.7. The van der Waals surface area contributed by atoms with Gasteiger partial charge < -0.3 is 24.8 Å². The first-order chi connectivity index (χ1) is 8.74. The molecule has 7 heteroatoms. The fraction of sp³-hybridized carbons (Fsp3) is 0.833. The lowest BCUT2D eigenvalue weighted by Gasteiger charge is -2.31. The van der Waals surface area contributed by atoms with Crippen molar-refractivity contribution in [3.8, 4) is 0 Å². The minimum absolute atomic E-state index is 0.144. The lowest BCUT2D eigenvalue weighted by Crippen LogP contribution is -2.50. The molecule has 0 aromatic heterocycles. The monoisotopic (exact) mass is 272 g/mol. The quantitative estimate of drug-likeness (QED) is 0.744. The number of likely N-dealkylation sites (tertiary alicyclic amines) is 1. The number of hydrogen-bond acceptors (Lipinski definition) is 4. The first-order valence-electron chi connectivity index (χ1n) is 6.37. The molecule has 2 rings (SSSR count). The van der Waals surface area contributed by atoms with Crippen molar-refractivity contribution in [2.24, 2.45) is 0 Å². The Hall–Kier alpha value is -1.50. The van der Waals surface area contributed by atoms with Crippen LogP contribution in [0.15, 0.2) is 0 Å². The molecule has 2 aliphatic heterocycles. The van der Waals surface area contributed by atoms with Crippen molar-refractivity contribution < 1.29 is 24.2 Å². The van der Waals surface area contributed by atoms with E-state index in [1.807, 2.05) is 0 Å². The Kier molecular flexibility index (Phi) is 3.58. The van der Waals surface area contributed by atoms with Crippen LogP contribution in [0.2, 0.25) is 0 Å². The highest BCUT2D eigenvalue weighted by molar-refractivity contribution is 5.68. The Labute approximate surface area is 111 Å². The molecule has 2 N–H and O–H groups in total. The number of amides is 2. The summed E-state index contributed by atoms with van der Waals surface area (Å²) >= 11 is 0. The van der Waals surface area contributed by atoms with E-state index in [2.05, 4.69) is 5.32 Å². The predicted octanol–water partition coefficient (Wildman–Crippen LogP) is 1.03. The van der Waals surface area contributed by atoms with Crippen LogP contribution in [0.3, 0.4) is 0 Å². The number of fused-ring (bicyclic) bond motifs is 2. The van der Waals surface area contributed by atoms with Crippen LogP contribution in [0.5, 0.6) is 0 Å². The molecule has 0 saturated carbocycles. The van der Waals surface area contributed by atoms with E-state index in [4.69, 9.17) is 14.6 Å². The number of morpholine rings is 1. The Morgan fingerprint density at radius 2 is 2.05 bits per heavy atom. The highest BCUT2D eigenvalue weighted by atomic mass is 16.6. The minimum atomic E-state index is -0.948. The highest BCUT2D eigenvalue weighted by Gasteiger charge is 2.43. The average Bonchev–Trinajstić information content (AvgIpc) is 2.50. The van der Waals surface area contributed by atoms with E-state index in [1.165, 1.54) is 4.90 Å². The highest BCUT2D eigenvalue weighted by Crippen LogP contribution is 2.27. The van der Waals surface area contributed by atoms with Gasteiger partial charge in [0.2, 0.25) is 0 Å². The number of hydrogen-bond donors (Lipinski definition) is 2. The van der Waals surface area contributed by atoms with Gasteiger partial charge in [0, 0.05) is 0 Å². The average molecular weight is 272 g/mol. The second-order valence-corrected chi connectivity index (χ2v) is 5.97. The summed E-state index contributed by atoms with van der Waals surface area (Å²) in [6.45, 7) is 6.03. The number of ether oxygens (including phenoxy) is 2. The Morgan fingerprint density at radius 1 is 1.37 bits per heavy atom. The van der Waals surface area contributed by atoms with Crippen molar-refractivity contribution in [1.82, 2.24) is 10.2 Å². The molecule has 0 radical (unpaired) electrons. The summed E-state index contributed by atoms with van der Waals surface area (Å²) in [6.07, 6.45) is -1.25. The van der Waals surface area contributed by atoms with Gasteiger partial charge in [0.05, 0.1) is 31.3 Å². The molecule has 108 valence electrons. The second kappa shape index (κ2) is 4.88. The Balaban J connectivity index is 1.90. The Bertz CT molecular complexity index is 379. The van der Waals surface area contributed by atoms with Crippen LogP contribution in [0.4, 0.5) is 9.59 Å². The predicted molar refractivity (Wildman–Crippen MR) is 66.0 cm³/mol. The van der Waals surface area contributed by atoms with E-state index in [0.717, 1.165) is 0 Å². The Morgan fingerprint density at radius 3 is 2.63 bits per heavy atom. The molecule has 0 aliphatic carbocycles. The maximum absolute atomic E-state index is 11.7. The molecule has 2 bridgehead atoms. The van der Waals surface area contributed by atoms with Crippen molar-refractivity contribution >= 4 is 12.2 Å². The van der Waals surface area contributed by atoms with E-state index in [0.29, 0.717) is 13.0 Å². The molecule has 3 atom stereocenters. The fourth-order valence-corrected chi connectivity index (χ4v) is 2.42. The maximum Gasteiger partial charge on any atom is 0.407 e. The molecular weight excluding hydrogens is 252 g/mol. The molecule has 19 heavy (non-hydrogen) atoms. The molecule has 0 unspecified atom stereocenters. The van der Waals surface area contributed by atoms with Gasteiger partial charge >= 0.3 is 12.2 Å². The second-order valence-electron chi connectivity index (χ2n) is 5.97. The number of alkyl carbamates (subject to hydrolysis) is 1. The number of carbonyl (C=O) groups is 2. The van der Waals surface area contributed by atoms with Gasteiger partial charge in [-0.15, -0.1) is 0 Å². The first-order valence-corrected chi connectivity index (χ1v) is 6.37. The number of nitrogens with zero attached hydrogens (tertiary/aromatic N) is 1. The minimum Gasteiger partial charge on any atom is -0.465 e. The van der Waals surface area contributed by atoms with Gasteiger partial charge in [0.15, 0.2) is 0 Å². The lowest BCUT2D eigenvalue weighted by atomic mass is 10.1. The number of nitrogens with one attached hydrogen (secondary N) is 1. The van der Waals surface area contributed by atoms with E-state index < -0.39 is 17.8 Å². The summed E-state index contributed by atoms with van der Waals surface area (Å²) < 4.78 is 10.8. The summed E-state index contributed by atoms with van der Waals surface area (Å²) in [5.74, 6) is 0. The largest absolute Gasteiger partial charge is 0.465 e. The van der Waals surface area contributed by atoms with Gasteiger partial charge in [-0.2, -0.15) is 0 Å². The zero-order chi connectivity index (χ0) is 14.2. The van der Waals surface area contributed by atoms with E-state index in [-0.39, 0.29) is 24.8 Å². The molecule has 2 aliphatic rings. The smallest absolute Gasteiger partial charge is 0.407 e. The van der Waals surface area contributed by atoms with Gasteiger partial charge in [0.25, 0.3) is 0 Å². The SMILES string of the molecule is CC(C)(C)OC(=O)N[C@@H]1C[C@H]2CN(C(=O)O)C[C@@H]1O2. The van der Waals surface area contributed by atoms with Gasteiger partial charge in [-0.1, -0.05) is 0 Å². The van der Waals surface area contributed by atoms with Crippen molar-refractivity contribution in [1.29, 1.82) is 0 Å². The normalized spacial score (nSPS) is 30.1. The third-order valence-electron chi connectivity index (χ3n) is 3.13. The lowest BCUT2D eigenvalue weighted by molar-refractivity contribution is -0.0360. The molecule has 2 saturated heterocycles. The summed E-state index contributed by atoms with van der Waals surface area (Å²) in [4.78, 5) is 24.0. The summed E-state index contributed by atoms with van der Waals surface area (Å²) in [6, 6.07) is -0.191. The summed E-state index contributed by atoms with van der Waals surface area (Å²) in [7, 11) is 0. The van der Waals surface area contributed by atoms with Crippen LogP contribution >= 0.6 is 0 Å². The number of rotatable bonds is 1. The number of carbonyl (C=O) groups excluding carboxylic acids is 1. The van der Waals surface area contributed by atoms with E-state index in [9.17, 15) is 9.59 Å². The number of carboxylic acid groups (broad SMARTS) is 1. The van der Waals surface area contributed by atoms with Crippen LogP contribution in [0, 0.1) is 0 Å². The van der Waals surface area contributed by atoms with Crippen molar-refractivity contribution in [3.63, 3.8) is 0 Å². The zero-order valence-corrected chi connectivity index (χ0v) is 11.4. The molecule has 0 spiro atoms. The molecule has 2 fully saturated rings. The molecule has 2 amide bonds. The van der Waals surface area contributed by atoms with Crippen LogP contribution < -0.4 is 5.32 Å². The molecule has 0 aromatic rings. The third kappa shape index (κ3) is 3.50. The summed E-state index contributed by atoms with van der Waals surface area (Å²) in [5.41, 5.74) is -0.550. The first kappa shape index (κ1) is 13.9. The van der Waals surface area contributed by atoms with Crippen LogP contribution in [0.1, 0.15) is 27.2 Å². The van der Waals surface area contributed by atoms with Crippen LogP contribution in [-0.2, 0) is 9.47 Å². The zero-order valence-electron chi connectivity index (χ0n) is 11.4. The van der Waals surface area contributed by atoms with E-state index >= 15 is 0 Å². The summed E-state index contributed by atoms with van der Waals surface area (Å²) in [5, 5.41) is 11.7.